The van der Waals surface area contributed by atoms with E-state index in [9.17, 15) is 4.79 Å². The van der Waals surface area contributed by atoms with E-state index in [1.807, 2.05) is 60.7 Å². The molecule has 0 saturated heterocycles. The monoisotopic (exact) mass is 404 g/mol. The summed E-state index contributed by atoms with van der Waals surface area (Å²) in [6, 6.07) is 18.6. The molecule has 0 aromatic heterocycles. The van der Waals surface area contributed by atoms with E-state index in [0.717, 1.165) is 11.3 Å². The molecular formula is C23H20N2O5. The van der Waals surface area contributed by atoms with Gasteiger partial charge in [0.05, 0.1) is 25.5 Å². The molecule has 0 saturated carbocycles. The molecule has 3 aromatic rings. The maximum Gasteiger partial charge on any atom is 0.262 e. The third kappa shape index (κ3) is 2.86. The fraction of sp³-hybridized carbons (Fsp3) is 0.174. The van der Waals surface area contributed by atoms with Crippen LogP contribution in [-0.4, -0.2) is 26.9 Å². The summed E-state index contributed by atoms with van der Waals surface area (Å²) in [6.07, 6.45) is -0.451. The number of para-hydroxylation sites is 1. The van der Waals surface area contributed by atoms with Gasteiger partial charge in [-0.15, -0.1) is 0 Å². The number of carbonyl (C=O) groups is 1. The Bertz CT molecular complexity index is 1130. The number of methoxy groups -OCH3 is 2. The summed E-state index contributed by atoms with van der Waals surface area (Å²) in [5.74, 6) is 2.39. The minimum Gasteiger partial charge on any atom is -0.493 e. The predicted molar refractivity (Wildman–Crippen MR) is 112 cm³/mol. The van der Waals surface area contributed by atoms with E-state index >= 15 is 0 Å². The van der Waals surface area contributed by atoms with Crippen LogP contribution in [0, 0.1) is 0 Å². The van der Waals surface area contributed by atoms with Crippen LogP contribution >= 0.6 is 0 Å². The van der Waals surface area contributed by atoms with Gasteiger partial charge in [-0.1, -0.05) is 18.2 Å². The van der Waals surface area contributed by atoms with Gasteiger partial charge in [0.25, 0.3) is 5.91 Å². The van der Waals surface area contributed by atoms with Gasteiger partial charge in [-0.05, 0) is 42.0 Å². The Balaban J connectivity index is 1.64. The standard InChI is InChI=1S/C23H20N2O5/c1-27-18-9-7-14(11-20(18)28-2)22-24-17-6-4-3-5-16(17)23(26)25(22)15-8-10-19-21(12-15)30-13-29-19/h3-12,22,24H,13H2,1-2H3/t22-/m1/s1. The van der Waals surface area contributed by atoms with Crippen molar-refractivity contribution in [3.8, 4) is 23.0 Å². The molecule has 1 N–H and O–H groups in total. The van der Waals surface area contributed by atoms with Gasteiger partial charge in [-0.3, -0.25) is 9.69 Å². The molecule has 3 aromatic carbocycles. The number of amides is 1. The van der Waals surface area contributed by atoms with E-state index in [2.05, 4.69) is 5.32 Å². The zero-order valence-corrected chi connectivity index (χ0v) is 16.5. The molecule has 152 valence electrons. The average molecular weight is 404 g/mol. The highest BCUT2D eigenvalue weighted by molar-refractivity contribution is 6.12. The summed E-state index contributed by atoms with van der Waals surface area (Å²) in [6.45, 7) is 0.174. The largest absolute Gasteiger partial charge is 0.493 e. The first kappa shape index (κ1) is 18.2. The van der Waals surface area contributed by atoms with Crippen molar-refractivity contribution in [2.75, 3.05) is 31.2 Å². The van der Waals surface area contributed by atoms with E-state index in [0.29, 0.717) is 34.2 Å². The quantitative estimate of drug-likeness (QED) is 0.703. The van der Waals surface area contributed by atoms with Crippen molar-refractivity contribution in [1.82, 2.24) is 0 Å². The molecule has 7 nitrogen and oxygen atoms in total. The van der Waals surface area contributed by atoms with Crippen molar-refractivity contribution in [1.29, 1.82) is 0 Å². The van der Waals surface area contributed by atoms with Crippen LogP contribution in [0.15, 0.2) is 60.7 Å². The Morgan fingerprint density at radius 3 is 2.57 bits per heavy atom. The van der Waals surface area contributed by atoms with Crippen LogP contribution in [0.5, 0.6) is 23.0 Å². The van der Waals surface area contributed by atoms with Gasteiger partial charge in [-0.25, -0.2) is 0 Å². The Labute approximate surface area is 173 Å². The van der Waals surface area contributed by atoms with Gasteiger partial charge < -0.3 is 24.3 Å². The van der Waals surface area contributed by atoms with E-state index in [4.69, 9.17) is 18.9 Å². The lowest BCUT2D eigenvalue weighted by Crippen LogP contribution is -2.43. The summed E-state index contributed by atoms with van der Waals surface area (Å²) in [5, 5.41) is 3.49. The molecule has 1 amide bonds. The lowest BCUT2D eigenvalue weighted by atomic mass is 10.0. The second-order valence-corrected chi connectivity index (χ2v) is 6.92. The second-order valence-electron chi connectivity index (χ2n) is 6.92. The molecule has 5 rings (SSSR count). The van der Waals surface area contributed by atoms with Crippen LogP contribution in [0.2, 0.25) is 0 Å². The Morgan fingerprint density at radius 2 is 1.73 bits per heavy atom. The Morgan fingerprint density at radius 1 is 0.933 bits per heavy atom. The molecule has 0 radical (unpaired) electrons. The second kappa shape index (κ2) is 7.18. The average Bonchev–Trinajstić information content (AvgIpc) is 3.26. The third-order valence-corrected chi connectivity index (χ3v) is 5.28. The van der Waals surface area contributed by atoms with Gasteiger partial charge in [0.2, 0.25) is 6.79 Å². The number of hydrogen-bond acceptors (Lipinski definition) is 6. The SMILES string of the molecule is COc1ccc([C@@H]2Nc3ccccc3C(=O)N2c2ccc3c(c2)OCO3)cc1OC. The van der Waals surface area contributed by atoms with Gasteiger partial charge in [0, 0.05) is 11.8 Å². The van der Waals surface area contributed by atoms with E-state index in [1.54, 1.807) is 19.1 Å². The van der Waals surface area contributed by atoms with Crippen LogP contribution < -0.4 is 29.2 Å². The highest BCUT2D eigenvalue weighted by Gasteiger charge is 2.35. The highest BCUT2D eigenvalue weighted by atomic mass is 16.7. The summed E-state index contributed by atoms with van der Waals surface area (Å²) < 4.78 is 21.8. The molecule has 30 heavy (non-hydrogen) atoms. The minimum absolute atomic E-state index is 0.108. The number of ether oxygens (including phenoxy) is 4. The summed E-state index contributed by atoms with van der Waals surface area (Å²) in [7, 11) is 3.18. The van der Waals surface area contributed by atoms with Gasteiger partial charge in [0.1, 0.15) is 6.17 Å². The molecule has 0 unspecified atom stereocenters. The molecule has 2 aliphatic heterocycles. The van der Waals surface area contributed by atoms with Gasteiger partial charge in [0.15, 0.2) is 23.0 Å². The summed E-state index contributed by atoms with van der Waals surface area (Å²) in [4.78, 5) is 15.3. The molecule has 0 fully saturated rings. The van der Waals surface area contributed by atoms with Crippen molar-refractivity contribution in [2.45, 2.75) is 6.17 Å². The minimum atomic E-state index is -0.451. The number of anilines is 2. The summed E-state index contributed by atoms with van der Waals surface area (Å²) in [5.41, 5.74) is 2.94. The maximum atomic E-state index is 13.5. The lowest BCUT2D eigenvalue weighted by Gasteiger charge is -2.38. The lowest BCUT2D eigenvalue weighted by molar-refractivity contribution is 0.0975. The smallest absolute Gasteiger partial charge is 0.262 e. The first-order chi connectivity index (χ1) is 14.7. The molecular weight excluding hydrogens is 384 g/mol. The van der Waals surface area contributed by atoms with Crippen LogP contribution in [0.25, 0.3) is 0 Å². The van der Waals surface area contributed by atoms with Crippen LogP contribution in [0.1, 0.15) is 22.1 Å². The van der Waals surface area contributed by atoms with E-state index < -0.39 is 6.17 Å². The zero-order valence-electron chi connectivity index (χ0n) is 16.5. The molecule has 2 heterocycles. The van der Waals surface area contributed by atoms with E-state index in [1.165, 1.54) is 0 Å². The van der Waals surface area contributed by atoms with Crippen LogP contribution in [-0.2, 0) is 0 Å². The summed E-state index contributed by atoms with van der Waals surface area (Å²) >= 11 is 0. The van der Waals surface area contributed by atoms with Crippen LogP contribution in [0.4, 0.5) is 11.4 Å². The normalized spacial score (nSPS) is 16.7. The first-order valence-electron chi connectivity index (χ1n) is 9.50. The zero-order chi connectivity index (χ0) is 20.7. The fourth-order valence-corrected chi connectivity index (χ4v) is 3.81. The van der Waals surface area contributed by atoms with Crippen molar-refractivity contribution in [3.63, 3.8) is 0 Å². The maximum absolute atomic E-state index is 13.5. The molecule has 0 bridgehead atoms. The number of hydrogen-bond donors (Lipinski definition) is 1. The Kier molecular flexibility index (Phi) is 4.35. The molecule has 0 spiro atoms. The fourth-order valence-electron chi connectivity index (χ4n) is 3.81. The van der Waals surface area contributed by atoms with Crippen LogP contribution in [0.3, 0.4) is 0 Å². The molecule has 0 aliphatic carbocycles. The van der Waals surface area contributed by atoms with Crippen molar-refractivity contribution >= 4 is 17.3 Å². The number of nitrogens with zero attached hydrogens (tertiary/aromatic N) is 1. The highest BCUT2D eigenvalue weighted by Crippen LogP contribution is 2.42. The van der Waals surface area contributed by atoms with E-state index in [-0.39, 0.29) is 12.7 Å². The van der Waals surface area contributed by atoms with Gasteiger partial charge >= 0.3 is 0 Å². The van der Waals surface area contributed by atoms with Crippen molar-refractivity contribution in [3.05, 3.63) is 71.8 Å². The first-order valence-corrected chi connectivity index (χ1v) is 9.50. The van der Waals surface area contributed by atoms with Crippen molar-refractivity contribution in [2.24, 2.45) is 0 Å². The van der Waals surface area contributed by atoms with Gasteiger partial charge in [-0.2, -0.15) is 0 Å². The van der Waals surface area contributed by atoms with Crippen molar-refractivity contribution < 1.29 is 23.7 Å². The number of carbonyl (C=O) groups excluding carboxylic acids is 1. The number of nitrogens with one attached hydrogen (secondary N) is 1. The molecule has 2 aliphatic rings. The number of benzene rings is 3. The third-order valence-electron chi connectivity index (χ3n) is 5.28. The predicted octanol–water partition coefficient (Wildman–Crippen LogP) is 4.20. The Hall–Kier alpha value is -3.87. The molecule has 7 heteroatoms. The molecule has 1 atom stereocenters. The topological polar surface area (TPSA) is 69.3 Å². The number of fused-ring (bicyclic) bond motifs is 2. The number of rotatable bonds is 4.